The summed E-state index contributed by atoms with van der Waals surface area (Å²) >= 11 is 1.67. The molecule has 4 heteroatoms. The number of aromatic nitrogens is 1. The maximum Gasteiger partial charge on any atom is 0.227 e. The Labute approximate surface area is 111 Å². The van der Waals surface area contributed by atoms with Crippen LogP contribution in [0.5, 0.6) is 0 Å². The highest BCUT2D eigenvalue weighted by Gasteiger charge is 2.14. The first kappa shape index (κ1) is 13.0. The molecule has 1 amide bonds. The molecule has 1 aromatic carbocycles. The number of aryl methyl sites for hydroxylation is 1. The highest BCUT2D eigenvalue weighted by atomic mass is 32.1. The van der Waals surface area contributed by atoms with Crippen molar-refractivity contribution in [1.29, 1.82) is 0 Å². The second-order valence-corrected chi connectivity index (χ2v) is 5.65. The van der Waals surface area contributed by atoms with Crippen LogP contribution in [0.2, 0.25) is 0 Å². The lowest BCUT2D eigenvalue weighted by Crippen LogP contribution is -2.21. The lowest BCUT2D eigenvalue weighted by atomic mass is 10.0. The molecule has 0 atom stereocenters. The van der Waals surface area contributed by atoms with Crippen molar-refractivity contribution >= 4 is 33.1 Å². The van der Waals surface area contributed by atoms with Gasteiger partial charge in [0.25, 0.3) is 0 Å². The zero-order valence-electron chi connectivity index (χ0n) is 11.0. The smallest absolute Gasteiger partial charge is 0.227 e. The Bertz CT molecular complexity index is 558. The largest absolute Gasteiger partial charge is 0.326 e. The first-order chi connectivity index (χ1) is 8.63. The first-order valence-electron chi connectivity index (χ1n) is 6.32. The molecular weight excluding hydrogens is 244 g/mol. The van der Waals surface area contributed by atoms with Gasteiger partial charge in [0.2, 0.25) is 5.91 Å². The zero-order valence-corrected chi connectivity index (χ0v) is 11.8. The van der Waals surface area contributed by atoms with Gasteiger partial charge in [-0.25, -0.2) is 4.98 Å². The fourth-order valence-corrected chi connectivity index (χ4v) is 2.83. The summed E-state index contributed by atoms with van der Waals surface area (Å²) in [6.07, 6.45) is 1.75. The summed E-state index contributed by atoms with van der Waals surface area (Å²) in [5, 5.41) is 4.02. The van der Waals surface area contributed by atoms with E-state index in [-0.39, 0.29) is 11.8 Å². The van der Waals surface area contributed by atoms with Crippen LogP contribution >= 0.6 is 11.3 Å². The molecule has 2 aromatic rings. The molecule has 0 bridgehead atoms. The topological polar surface area (TPSA) is 42.0 Å². The fraction of sp³-hybridized carbons (Fsp3) is 0.429. The number of benzene rings is 1. The summed E-state index contributed by atoms with van der Waals surface area (Å²) in [4.78, 5) is 16.4. The number of fused-ring (bicyclic) bond motifs is 1. The van der Waals surface area contributed by atoms with Gasteiger partial charge in [-0.05, 0) is 38.0 Å². The second-order valence-electron chi connectivity index (χ2n) is 4.42. The summed E-state index contributed by atoms with van der Waals surface area (Å²) < 4.78 is 1.16. The Kier molecular flexibility index (Phi) is 3.97. The number of hydrogen-bond donors (Lipinski definition) is 1. The number of rotatable bonds is 4. The molecule has 1 heterocycles. The average molecular weight is 262 g/mol. The molecule has 0 spiro atoms. The van der Waals surface area contributed by atoms with E-state index in [9.17, 15) is 4.79 Å². The standard InChI is InChI=1S/C14H18N2OS/c1-4-10(5-2)14(17)16-11-6-7-13-12(8-11)15-9(3)18-13/h6-8,10H,4-5H2,1-3H3,(H,16,17). The van der Waals surface area contributed by atoms with E-state index in [1.165, 1.54) is 0 Å². The number of nitrogens with one attached hydrogen (secondary N) is 1. The summed E-state index contributed by atoms with van der Waals surface area (Å²) in [6, 6.07) is 5.90. The molecule has 0 fully saturated rings. The highest BCUT2D eigenvalue weighted by molar-refractivity contribution is 7.18. The Morgan fingerprint density at radius 3 is 2.78 bits per heavy atom. The van der Waals surface area contributed by atoms with Crippen LogP contribution in [0.1, 0.15) is 31.7 Å². The third-order valence-corrected chi connectivity index (χ3v) is 4.07. The van der Waals surface area contributed by atoms with E-state index in [1.807, 2.05) is 39.0 Å². The van der Waals surface area contributed by atoms with Crippen LogP contribution in [0, 0.1) is 12.8 Å². The summed E-state index contributed by atoms with van der Waals surface area (Å²) in [5.74, 6) is 0.198. The molecule has 1 N–H and O–H groups in total. The van der Waals surface area contributed by atoms with Gasteiger partial charge in [0.1, 0.15) is 0 Å². The van der Waals surface area contributed by atoms with Gasteiger partial charge in [-0.3, -0.25) is 4.79 Å². The van der Waals surface area contributed by atoms with Gasteiger partial charge in [-0.15, -0.1) is 11.3 Å². The van der Waals surface area contributed by atoms with E-state index in [0.29, 0.717) is 0 Å². The molecule has 1 aromatic heterocycles. The monoisotopic (exact) mass is 262 g/mol. The van der Waals surface area contributed by atoms with Crippen molar-refractivity contribution in [1.82, 2.24) is 4.98 Å². The van der Waals surface area contributed by atoms with Crippen LogP contribution in [0.25, 0.3) is 10.2 Å². The average Bonchev–Trinajstić information content (AvgIpc) is 2.70. The summed E-state index contributed by atoms with van der Waals surface area (Å²) in [6.45, 7) is 6.08. The third-order valence-electron chi connectivity index (χ3n) is 3.12. The van der Waals surface area contributed by atoms with Crippen molar-refractivity contribution in [3.63, 3.8) is 0 Å². The molecule has 0 aliphatic carbocycles. The van der Waals surface area contributed by atoms with E-state index in [2.05, 4.69) is 10.3 Å². The van der Waals surface area contributed by atoms with Crippen LogP contribution in [0.15, 0.2) is 18.2 Å². The van der Waals surface area contributed by atoms with E-state index in [4.69, 9.17) is 0 Å². The van der Waals surface area contributed by atoms with Gasteiger partial charge >= 0.3 is 0 Å². The van der Waals surface area contributed by atoms with Crippen LogP contribution in [-0.2, 0) is 4.79 Å². The molecule has 0 aliphatic heterocycles. The van der Waals surface area contributed by atoms with E-state index >= 15 is 0 Å². The number of nitrogens with zero attached hydrogens (tertiary/aromatic N) is 1. The van der Waals surface area contributed by atoms with Gasteiger partial charge in [0.15, 0.2) is 0 Å². The number of carbonyl (C=O) groups is 1. The van der Waals surface area contributed by atoms with E-state index in [1.54, 1.807) is 11.3 Å². The third kappa shape index (κ3) is 2.70. The molecule has 0 unspecified atom stereocenters. The van der Waals surface area contributed by atoms with Crippen LogP contribution in [-0.4, -0.2) is 10.9 Å². The highest BCUT2D eigenvalue weighted by Crippen LogP contribution is 2.24. The van der Waals surface area contributed by atoms with Gasteiger partial charge in [0, 0.05) is 11.6 Å². The molecular formula is C14H18N2OS. The maximum atomic E-state index is 12.0. The number of carbonyl (C=O) groups excluding carboxylic acids is 1. The van der Waals surface area contributed by atoms with Crippen molar-refractivity contribution in [2.75, 3.05) is 5.32 Å². The minimum absolute atomic E-state index is 0.0952. The van der Waals surface area contributed by atoms with Gasteiger partial charge in [0.05, 0.1) is 15.2 Å². The molecule has 0 saturated heterocycles. The molecule has 18 heavy (non-hydrogen) atoms. The van der Waals surface area contributed by atoms with E-state index in [0.717, 1.165) is 33.8 Å². The number of anilines is 1. The van der Waals surface area contributed by atoms with Gasteiger partial charge < -0.3 is 5.32 Å². The maximum absolute atomic E-state index is 12.0. The van der Waals surface area contributed by atoms with Crippen molar-refractivity contribution in [3.05, 3.63) is 23.2 Å². The van der Waals surface area contributed by atoms with Crippen molar-refractivity contribution in [3.8, 4) is 0 Å². The molecule has 96 valence electrons. The molecule has 0 saturated carbocycles. The van der Waals surface area contributed by atoms with E-state index < -0.39 is 0 Å². The zero-order chi connectivity index (χ0) is 13.1. The van der Waals surface area contributed by atoms with Gasteiger partial charge in [-0.2, -0.15) is 0 Å². The van der Waals surface area contributed by atoms with Crippen LogP contribution < -0.4 is 5.32 Å². The lowest BCUT2D eigenvalue weighted by Gasteiger charge is -2.12. The van der Waals surface area contributed by atoms with Crippen LogP contribution in [0.3, 0.4) is 0 Å². The normalized spacial score (nSPS) is 11.1. The number of thiazole rings is 1. The van der Waals surface area contributed by atoms with Gasteiger partial charge in [-0.1, -0.05) is 13.8 Å². The predicted octanol–water partition coefficient (Wildman–Crippen LogP) is 3.98. The summed E-state index contributed by atoms with van der Waals surface area (Å²) in [7, 11) is 0. The Morgan fingerprint density at radius 2 is 2.11 bits per heavy atom. The quantitative estimate of drug-likeness (QED) is 0.905. The van der Waals surface area contributed by atoms with Crippen molar-refractivity contribution < 1.29 is 4.79 Å². The first-order valence-corrected chi connectivity index (χ1v) is 7.13. The minimum Gasteiger partial charge on any atom is -0.326 e. The fourth-order valence-electron chi connectivity index (χ4n) is 2.02. The predicted molar refractivity (Wildman–Crippen MR) is 77.1 cm³/mol. The SMILES string of the molecule is CCC(CC)C(=O)Nc1ccc2sc(C)nc2c1. The van der Waals surface area contributed by atoms with Crippen LogP contribution in [0.4, 0.5) is 5.69 Å². The second kappa shape index (κ2) is 5.48. The molecule has 0 radical (unpaired) electrons. The van der Waals surface area contributed by atoms with Crippen molar-refractivity contribution in [2.45, 2.75) is 33.6 Å². The minimum atomic E-state index is 0.0952. The number of amides is 1. The molecule has 2 rings (SSSR count). The Balaban J connectivity index is 2.18. The summed E-state index contributed by atoms with van der Waals surface area (Å²) in [5.41, 5.74) is 1.80. The lowest BCUT2D eigenvalue weighted by molar-refractivity contribution is -0.120. The Hall–Kier alpha value is -1.42. The molecule has 3 nitrogen and oxygen atoms in total. The van der Waals surface area contributed by atoms with Crippen molar-refractivity contribution in [2.24, 2.45) is 5.92 Å². The Morgan fingerprint density at radius 1 is 1.39 bits per heavy atom. The molecule has 0 aliphatic rings. The number of hydrogen-bond acceptors (Lipinski definition) is 3.